The van der Waals surface area contributed by atoms with E-state index in [1.54, 1.807) is 6.20 Å². The SMILES string of the molecule is CCn1ccnc1CC(=O)CCC1CCCNC1. The summed E-state index contributed by atoms with van der Waals surface area (Å²) in [5.74, 6) is 1.92. The fourth-order valence-corrected chi connectivity index (χ4v) is 2.60. The average Bonchev–Trinajstić information content (AvgIpc) is 2.85. The zero-order valence-electron chi connectivity index (χ0n) is 11.2. The van der Waals surface area contributed by atoms with Crippen molar-refractivity contribution in [3.8, 4) is 0 Å². The topological polar surface area (TPSA) is 46.9 Å². The summed E-state index contributed by atoms with van der Waals surface area (Å²) in [5.41, 5.74) is 0. The Labute approximate surface area is 109 Å². The van der Waals surface area contributed by atoms with Gasteiger partial charge in [-0.3, -0.25) is 4.79 Å². The number of nitrogens with one attached hydrogen (secondary N) is 1. The lowest BCUT2D eigenvalue weighted by Crippen LogP contribution is -2.30. The van der Waals surface area contributed by atoms with E-state index in [0.717, 1.165) is 31.9 Å². The molecule has 1 saturated heterocycles. The van der Waals surface area contributed by atoms with Crippen molar-refractivity contribution in [3.05, 3.63) is 18.2 Å². The van der Waals surface area contributed by atoms with Gasteiger partial charge in [0, 0.05) is 25.4 Å². The molecule has 0 radical (unpaired) electrons. The van der Waals surface area contributed by atoms with Crippen LogP contribution in [0.4, 0.5) is 0 Å². The number of nitrogens with zero attached hydrogens (tertiary/aromatic N) is 2. The normalized spacial score (nSPS) is 19.9. The Morgan fingerprint density at radius 3 is 3.22 bits per heavy atom. The molecule has 0 aliphatic carbocycles. The van der Waals surface area contributed by atoms with Gasteiger partial charge in [-0.1, -0.05) is 0 Å². The second-order valence-corrected chi connectivity index (χ2v) is 5.10. The van der Waals surface area contributed by atoms with Crippen molar-refractivity contribution >= 4 is 5.78 Å². The number of rotatable bonds is 6. The molecule has 0 aromatic carbocycles. The highest BCUT2D eigenvalue weighted by Gasteiger charge is 2.15. The van der Waals surface area contributed by atoms with E-state index in [-0.39, 0.29) is 0 Å². The van der Waals surface area contributed by atoms with Crippen LogP contribution in [0.3, 0.4) is 0 Å². The maximum Gasteiger partial charge on any atom is 0.140 e. The van der Waals surface area contributed by atoms with Crippen LogP contribution >= 0.6 is 0 Å². The summed E-state index contributed by atoms with van der Waals surface area (Å²) < 4.78 is 2.04. The quantitative estimate of drug-likeness (QED) is 0.836. The summed E-state index contributed by atoms with van der Waals surface area (Å²) >= 11 is 0. The molecule has 4 heteroatoms. The number of carbonyl (C=O) groups is 1. The van der Waals surface area contributed by atoms with Crippen LogP contribution in [0.15, 0.2) is 12.4 Å². The van der Waals surface area contributed by atoms with Crippen molar-refractivity contribution in [2.24, 2.45) is 5.92 Å². The molecule has 1 aliphatic rings. The van der Waals surface area contributed by atoms with Gasteiger partial charge in [0.15, 0.2) is 0 Å². The zero-order chi connectivity index (χ0) is 12.8. The number of piperidine rings is 1. The molecule has 18 heavy (non-hydrogen) atoms. The molecule has 1 N–H and O–H groups in total. The Morgan fingerprint density at radius 2 is 2.50 bits per heavy atom. The van der Waals surface area contributed by atoms with Crippen LogP contribution in [-0.4, -0.2) is 28.4 Å². The molecule has 1 aliphatic heterocycles. The van der Waals surface area contributed by atoms with Gasteiger partial charge in [-0.05, 0) is 45.2 Å². The van der Waals surface area contributed by atoms with E-state index in [4.69, 9.17) is 0 Å². The van der Waals surface area contributed by atoms with Crippen LogP contribution in [0.5, 0.6) is 0 Å². The fraction of sp³-hybridized carbons (Fsp3) is 0.714. The third kappa shape index (κ3) is 3.67. The van der Waals surface area contributed by atoms with Crippen molar-refractivity contribution in [1.29, 1.82) is 0 Å². The van der Waals surface area contributed by atoms with E-state index in [0.29, 0.717) is 24.5 Å². The Balaban J connectivity index is 1.74. The summed E-state index contributed by atoms with van der Waals surface area (Å²) in [5, 5.41) is 3.39. The van der Waals surface area contributed by atoms with E-state index in [2.05, 4.69) is 17.2 Å². The van der Waals surface area contributed by atoms with Crippen molar-refractivity contribution < 1.29 is 4.79 Å². The fourth-order valence-electron chi connectivity index (χ4n) is 2.60. The standard InChI is InChI=1S/C14H23N3O/c1-2-17-9-8-16-14(17)10-13(18)6-5-12-4-3-7-15-11-12/h8-9,12,15H,2-7,10-11H2,1H3. The first kappa shape index (κ1) is 13.3. The van der Waals surface area contributed by atoms with E-state index in [9.17, 15) is 4.79 Å². The first-order valence-electron chi connectivity index (χ1n) is 7.02. The second kappa shape index (κ2) is 6.69. The minimum absolute atomic E-state index is 0.321. The predicted octanol–water partition coefficient (Wildman–Crippen LogP) is 1.79. The molecule has 0 bridgehead atoms. The minimum Gasteiger partial charge on any atom is -0.335 e. The molecule has 1 atom stereocenters. The van der Waals surface area contributed by atoms with Crippen LogP contribution in [-0.2, 0) is 17.8 Å². The van der Waals surface area contributed by atoms with Crippen molar-refractivity contribution in [2.45, 2.75) is 45.6 Å². The van der Waals surface area contributed by atoms with Gasteiger partial charge in [-0.15, -0.1) is 0 Å². The number of aryl methyl sites for hydroxylation is 1. The van der Waals surface area contributed by atoms with Gasteiger partial charge < -0.3 is 9.88 Å². The largest absolute Gasteiger partial charge is 0.335 e. The summed E-state index contributed by atoms with van der Waals surface area (Å²) in [4.78, 5) is 16.2. The molecule has 4 nitrogen and oxygen atoms in total. The molecule has 0 amide bonds. The van der Waals surface area contributed by atoms with Crippen molar-refractivity contribution in [2.75, 3.05) is 13.1 Å². The number of hydrogen-bond acceptors (Lipinski definition) is 3. The van der Waals surface area contributed by atoms with E-state index < -0.39 is 0 Å². The molecular formula is C14H23N3O. The average molecular weight is 249 g/mol. The van der Waals surface area contributed by atoms with Gasteiger partial charge in [-0.25, -0.2) is 4.98 Å². The van der Waals surface area contributed by atoms with Gasteiger partial charge in [0.2, 0.25) is 0 Å². The van der Waals surface area contributed by atoms with E-state index >= 15 is 0 Å². The lowest BCUT2D eigenvalue weighted by Gasteiger charge is -2.22. The molecular weight excluding hydrogens is 226 g/mol. The minimum atomic E-state index is 0.321. The highest BCUT2D eigenvalue weighted by atomic mass is 16.1. The molecule has 1 aromatic heterocycles. The molecule has 1 unspecified atom stereocenters. The Hall–Kier alpha value is -1.16. The summed E-state index contributed by atoms with van der Waals surface area (Å²) in [7, 11) is 0. The van der Waals surface area contributed by atoms with Crippen molar-refractivity contribution in [1.82, 2.24) is 14.9 Å². The number of aromatic nitrogens is 2. The maximum atomic E-state index is 11.9. The molecule has 1 aromatic rings. The molecule has 0 spiro atoms. The number of ketones is 1. The molecule has 2 rings (SSSR count). The number of Topliss-reactive ketones (excluding diaryl/α,β-unsaturated/α-hetero) is 1. The molecule has 0 saturated carbocycles. The van der Waals surface area contributed by atoms with E-state index in [1.165, 1.54) is 12.8 Å². The lowest BCUT2D eigenvalue weighted by molar-refractivity contribution is -0.118. The Morgan fingerprint density at radius 1 is 1.61 bits per heavy atom. The Kier molecular flexibility index (Phi) is 4.93. The van der Waals surface area contributed by atoms with Gasteiger partial charge in [0.05, 0.1) is 6.42 Å². The highest BCUT2D eigenvalue weighted by Crippen LogP contribution is 2.16. The molecule has 100 valence electrons. The van der Waals surface area contributed by atoms with Crippen LogP contribution in [0, 0.1) is 5.92 Å². The van der Waals surface area contributed by atoms with Gasteiger partial charge in [0.25, 0.3) is 0 Å². The van der Waals surface area contributed by atoms with Crippen LogP contribution < -0.4 is 5.32 Å². The van der Waals surface area contributed by atoms with Gasteiger partial charge in [0.1, 0.15) is 11.6 Å². The van der Waals surface area contributed by atoms with Crippen molar-refractivity contribution in [3.63, 3.8) is 0 Å². The first-order chi connectivity index (χ1) is 8.79. The number of carbonyl (C=O) groups excluding carboxylic acids is 1. The number of imidazole rings is 1. The molecule has 2 heterocycles. The summed E-state index contributed by atoms with van der Waals surface area (Å²) in [6.45, 7) is 5.17. The Bertz CT molecular complexity index is 380. The highest BCUT2D eigenvalue weighted by molar-refractivity contribution is 5.80. The van der Waals surface area contributed by atoms with Crippen LogP contribution in [0.25, 0.3) is 0 Å². The third-order valence-corrected chi connectivity index (χ3v) is 3.73. The maximum absolute atomic E-state index is 11.9. The van der Waals surface area contributed by atoms with Crippen LogP contribution in [0.1, 0.15) is 38.4 Å². The summed E-state index contributed by atoms with van der Waals surface area (Å²) in [6, 6.07) is 0. The number of hydrogen-bond donors (Lipinski definition) is 1. The van der Waals surface area contributed by atoms with Gasteiger partial charge >= 0.3 is 0 Å². The van der Waals surface area contributed by atoms with Gasteiger partial charge in [-0.2, -0.15) is 0 Å². The second-order valence-electron chi connectivity index (χ2n) is 5.10. The zero-order valence-corrected chi connectivity index (χ0v) is 11.2. The smallest absolute Gasteiger partial charge is 0.140 e. The van der Waals surface area contributed by atoms with Crippen LogP contribution in [0.2, 0.25) is 0 Å². The third-order valence-electron chi connectivity index (χ3n) is 3.73. The molecule has 1 fully saturated rings. The first-order valence-corrected chi connectivity index (χ1v) is 7.02. The lowest BCUT2D eigenvalue weighted by atomic mass is 9.93. The predicted molar refractivity (Wildman–Crippen MR) is 71.4 cm³/mol. The van der Waals surface area contributed by atoms with E-state index in [1.807, 2.05) is 10.8 Å². The summed E-state index contributed by atoms with van der Waals surface area (Å²) in [6.07, 6.45) is 8.44. The monoisotopic (exact) mass is 249 g/mol.